The Hall–Kier alpha value is -2.57. The van der Waals surface area contributed by atoms with E-state index in [1.807, 2.05) is 19.1 Å². The van der Waals surface area contributed by atoms with Crippen LogP contribution in [0.3, 0.4) is 0 Å². The number of hydrogen-bond donors (Lipinski definition) is 1. The van der Waals surface area contributed by atoms with Crippen molar-refractivity contribution in [3.63, 3.8) is 0 Å². The number of thiophene rings is 1. The topological polar surface area (TPSA) is 96.7 Å². The van der Waals surface area contributed by atoms with Crippen molar-refractivity contribution < 1.29 is 9.21 Å². The minimum atomic E-state index is -0.380. The van der Waals surface area contributed by atoms with Crippen molar-refractivity contribution in [2.75, 3.05) is 5.32 Å². The molecule has 0 aromatic carbocycles. The molecule has 5 rings (SSSR count). The van der Waals surface area contributed by atoms with Gasteiger partial charge in [0.15, 0.2) is 5.16 Å². The SMILES string of the molecule is CC(Sc1nnc(C2CC2)n1Cc1ccco1)C(=O)Nc1sc2c(c1C#N)CCCCC2. The fraction of sp³-hybridized carbons (Fsp3) is 0.478. The Kier molecular flexibility index (Phi) is 6.07. The highest BCUT2D eigenvalue weighted by molar-refractivity contribution is 8.00. The van der Waals surface area contributed by atoms with Crippen molar-refractivity contribution in [1.82, 2.24) is 14.8 Å². The van der Waals surface area contributed by atoms with Crippen LogP contribution < -0.4 is 5.32 Å². The summed E-state index contributed by atoms with van der Waals surface area (Å²) in [7, 11) is 0. The van der Waals surface area contributed by atoms with Crippen LogP contribution in [-0.2, 0) is 24.2 Å². The number of amides is 1. The molecule has 1 atom stereocenters. The predicted molar refractivity (Wildman–Crippen MR) is 124 cm³/mol. The second-order valence-electron chi connectivity index (χ2n) is 8.41. The molecule has 1 amide bonds. The van der Waals surface area contributed by atoms with E-state index in [0.717, 1.165) is 55.7 Å². The number of nitrogens with one attached hydrogen (secondary N) is 1. The van der Waals surface area contributed by atoms with Crippen molar-refractivity contribution >= 4 is 34.0 Å². The molecule has 2 aliphatic carbocycles. The van der Waals surface area contributed by atoms with Crippen LogP contribution in [0, 0.1) is 11.3 Å². The molecule has 0 aliphatic heterocycles. The molecule has 0 saturated heterocycles. The molecule has 1 N–H and O–H groups in total. The number of thioether (sulfide) groups is 1. The van der Waals surface area contributed by atoms with Crippen molar-refractivity contribution in [2.45, 2.75) is 74.7 Å². The Morgan fingerprint density at radius 3 is 2.97 bits per heavy atom. The number of aryl methyl sites for hydroxylation is 1. The fourth-order valence-corrected chi connectivity index (χ4v) is 6.21. The summed E-state index contributed by atoms with van der Waals surface area (Å²) in [6.07, 6.45) is 9.27. The summed E-state index contributed by atoms with van der Waals surface area (Å²) in [5.41, 5.74) is 1.78. The Labute approximate surface area is 195 Å². The summed E-state index contributed by atoms with van der Waals surface area (Å²) in [6, 6.07) is 6.14. The number of carbonyl (C=O) groups is 1. The highest BCUT2D eigenvalue weighted by Gasteiger charge is 2.32. The Bertz CT molecular complexity index is 1150. The van der Waals surface area contributed by atoms with Gasteiger partial charge in [-0.15, -0.1) is 21.5 Å². The van der Waals surface area contributed by atoms with Gasteiger partial charge < -0.3 is 9.73 Å². The average Bonchev–Trinajstić information content (AvgIpc) is 3.31. The largest absolute Gasteiger partial charge is 0.467 e. The fourth-order valence-electron chi connectivity index (χ4n) is 4.11. The number of anilines is 1. The predicted octanol–water partition coefficient (Wildman–Crippen LogP) is 5.12. The number of rotatable bonds is 7. The molecule has 3 aromatic heterocycles. The van der Waals surface area contributed by atoms with Crippen LogP contribution in [-0.4, -0.2) is 25.9 Å². The van der Waals surface area contributed by atoms with E-state index < -0.39 is 0 Å². The number of nitriles is 1. The van der Waals surface area contributed by atoms with Crippen LogP contribution in [0.2, 0.25) is 0 Å². The zero-order chi connectivity index (χ0) is 22.1. The van der Waals surface area contributed by atoms with Gasteiger partial charge in [-0.2, -0.15) is 5.26 Å². The molecule has 2 aliphatic rings. The number of furan rings is 1. The lowest BCUT2D eigenvalue weighted by Gasteiger charge is -2.13. The minimum absolute atomic E-state index is 0.122. The normalized spacial score (nSPS) is 16.8. The van der Waals surface area contributed by atoms with Gasteiger partial charge in [-0.25, -0.2) is 0 Å². The van der Waals surface area contributed by atoms with Gasteiger partial charge in [-0.1, -0.05) is 18.2 Å². The van der Waals surface area contributed by atoms with Gasteiger partial charge in [0.05, 0.1) is 23.6 Å². The Balaban J connectivity index is 1.32. The van der Waals surface area contributed by atoms with Gasteiger partial charge in [0.1, 0.15) is 22.7 Å². The molecule has 1 unspecified atom stereocenters. The number of aromatic nitrogens is 3. The molecule has 0 spiro atoms. The molecule has 0 radical (unpaired) electrons. The van der Waals surface area contributed by atoms with E-state index in [1.54, 1.807) is 17.6 Å². The maximum atomic E-state index is 13.0. The van der Waals surface area contributed by atoms with Crippen LogP contribution in [0.25, 0.3) is 0 Å². The standard InChI is InChI=1S/C23H25N5O2S2/c1-14(21(29)25-22-18(12-24)17-7-3-2-4-8-19(17)32-22)31-23-27-26-20(15-9-10-15)28(23)13-16-6-5-11-30-16/h5-6,11,14-15H,2-4,7-10,13H2,1H3,(H,25,29). The summed E-state index contributed by atoms with van der Waals surface area (Å²) < 4.78 is 7.60. The Morgan fingerprint density at radius 2 is 2.22 bits per heavy atom. The van der Waals surface area contributed by atoms with E-state index in [1.165, 1.54) is 23.1 Å². The summed E-state index contributed by atoms with van der Waals surface area (Å²) in [6.45, 7) is 2.42. The first-order valence-corrected chi connectivity index (χ1v) is 12.8. The van der Waals surface area contributed by atoms with Gasteiger partial charge in [-0.3, -0.25) is 9.36 Å². The van der Waals surface area contributed by atoms with Crippen molar-refractivity contribution in [3.8, 4) is 6.07 Å². The molecular formula is C23H25N5O2S2. The first-order chi connectivity index (χ1) is 15.6. The summed E-state index contributed by atoms with van der Waals surface area (Å²) in [5.74, 6) is 2.12. The van der Waals surface area contributed by atoms with Crippen LogP contribution >= 0.6 is 23.1 Å². The zero-order valence-electron chi connectivity index (χ0n) is 18.0. The number of hydrogen-bond acceptors (Lipinski definition) is 7. The van der Waals surface area contributed by atoms with E-state index in [4.69, 9.17) is 4.42 Å². The summed E-state index contributed by atoms with van der Waals surface area (Å²) in [5, 5.41) is 22.6. The lowest BCUT2D eigenvalue weighted by molar-refractivity contribution is -0.115. The van der Waals surface area contributed by atoms with Crippen LogP contribution in [0.5, 0.6) is 0 Å². The Morgan fingerprint density at radius 1 is 1.38 bits per heavy atom. The number of fused-ring (bicyclic) bond motifs is 1. The number of carbonyl (C=O) groups excluding carboxylic acids is 1. The second-order valence-corrected chi connectivity index (χ2v) is 10.8. The lowest BCUT2D eigenvalue weighted by Crippen LogP contribution is -2.23. The van der Waals surface area contributed by atoms with E-state index in [9.17, 15) is 10.1 Å². The molecule has 0 bridgehead atoms. The van der Waals surface area contributed by atoms with Gasteiger partial charge >= 0.3 is 0 Å². The van der Waals surface area contributed by atoms with Crippen molar-refractivity contribution in [3.05, 3.63) is 46.0 Å². The third-order valence-corrected chi connectivity index (χ3v) is 8.29. The highest BCUT2D eigenvalue weighted by atomic mass is 32.2. The molecule has 3 heterocycles. The second kappa shape index (κ2) is 9.12. The average molecular weight is 468 g/mol. The van der Waals surface area contributed by atoms with Crippen molar-refractivity contribution in [1.29, 1.82) is 5.26 Å². The molecule has 9 heteroatoms. The van der Waals surface area contributed by atoms with Crippen LogP contribution in [0.15, 0.2) is 28.0 Å². The molecular weight excluding hydrogens is 442 g/mol. The first kappa shape index (κ1) is 21.3. The molecule has 1 saturated carbocycles. The maximum absolute atomic E-state index is 13.0. The third-order valence-electron chi connectivity index (χ3n) is 6.00. The quantitative estimate of drug-likeness (QED) is 0.383. The van der Waals surface area contributed by atoms with E-state index in [2.05, 4.69) is 26.2 Å². The van der Waals surface area contributed by atoms with Gasteiger partial charge in [0.2, 0.25) is 5.91 Å². The summed E-state index contributed by atoms with van der Waals surface area (Å²) >= 11 is 2.96. The van der Waals surface area contributed by atoms with Gasteiger partial charge in [0.25, 0.3) is 0 Å². The number of nitrogens with zero attached hydrogens (tertiary/aromatic N) is 4. The third kappa shape index (κ3) is 4.34. The van der Waals surface area contributed by atoms with E-state index in [0.29, 0.717) is 28.2 Å². The van der Waals surface area contributed by atoms with E-state index >= 15 is 0 Å². The maximum Gasteiger partial charge on any atom is 0.238 e. The summed E-state index contributed by atoms with van der Waals surface area (Å²) in [4.78, 5) is 14.3. The highest BCUT2D eigenvalue weighted by Crippen LogP contribution is 2.41. The molecule has 32 heavy (non-hydrogen) atoms. The monoisotopic (exact) mass is 467 g/mol. The molecule has 166 valence electrons. The minimum Gasteiger partial charge on any atom is -0.467 e. The molecule has 1 fully saturated rings. The van der Waals surface area contributed by atoms with Crippen LogP contribution in [0.4, 0.5) is 5.00 Å². The molecule has 3 aromatic rings. The lowest BCUT2D eigenvalue weighted by atomic mass is 10.1. The first-order valence-electron chi connectivity index (χ1n) is 11.1. The van der Waals surface area contributed by atoms with E-state index in [-0.39, 0.29) is 11.2 Å². The van der Waals surface area contributed by atoms with Gasteiger partial charge in [-0.05, 0) is 63.1 Å². The smallest absolute Gasteiger partial charge is 0.238 e. The van der Waals surface area contributed by atoms with Crippen LogP contribution in [0.1, 0.15) is 72.5 Å². The zero-order valence-corrected chi connectivity index (χ0v) is 19.6. The van der Waals surface area contributed by atoms with Crippen molar-refractivity contribution in [2.24, 2.45) is 0 Å². The van der Waals surface area contributed by atoms with Gasteiger partial charge in [0, 0.05) is 10.8 Å². The molecule has 7 nitrogen and oxygen atoms in total.